The molecule has 0 aliphatic heterocycles. The van der Waals surface area contributed by atoms with Gasteiger partial charge in [0.2, 0.25) is 5.91 Å². The van der Waals surface area contributed by atoms with Crippen LogP contribution < -0.4 is 10.1 Å². The molecule has 142 valence electrons. The topological polar surface area (TPSA) is 64.1 Å². The predicted molar refractivity (Wildman–Crippen MR) is 111 cm³/mol. The third kappa shape index (κ3) is 4.02. The first-order valence-electron chi connectivity index (χ1n) is 8.65. The normalized spacial score (nSPS) is 10.9. The Hall–Kier alpha value is -2.84. The molecule has 2 aromatic carbocycles. The molecule has 0 aliphatic carbocycles. The average Bonchev–Trinajstić information content (AvgIpc) is 3.28. The lowest BCUT2D eigenvalue weighted by atomic mass is 10.2. The highest BCUT2D eigenvalue weighted by atomic mass is 32.1. The van der Waals surface area contributed by atoms with Crippen molar-refractivity contribution in [3.63, 3.8) is 0 Å². The summed E-state index contributed by atoms with van der Waals surface area (Å²) >= 11 is 2.71. The number of amides is 1. The van der Waals surface area contributed by atoms with Gasteiger partial charge in [0, 0.05) is 5.38 Å². The molecule has 1 amide bonds. The van der Waals surface area contributed by atoms with E-state index in [0.29, 0.717) is 27.6 Å². The van der Waals surface area contributed by atoms with Crippen LogP contribution in [0.5, 0.6) is 5.75 Å². The van der Waals surface area contributed by atoms with E-state index in [1.807, 2.05) is 36.6 Å². The predicted octanol–water partition coefficient (Wildman–Crippen LogP) is 5.14. The number of thiazole rings is 2. The number of nitrogens with one attached hydrogen (secondary N) is 1. The van der Waals surface area contributed by atoms with E-state index in [1.165, 1.54) is 34.8 Å². The van der Waals surface area contributed by atoms with Crippen molar-refractivity contribution in [1.82, 2.24) is 9.97 Å². The molecule has 0 saturated heterocycles. The fourth-order valence-electron chi connectivity index (χ4n) is 2.72. The average molecular weight is 413 g/mol. The fraction of sp³-hybridized carbons (Fsp3) is 0.150. The molecule has 5 nitrogen and oxygen atoms in total. The van der Waals surface area contributed by atoms with Gasteiger partial charge in [-0.15, -0.1) is 11.3 Å². The number of anilines is 1. The molecule has 28 heavy (non-hydrogen) atoms. The van der Waals surface area contributed by atoms with Crippen LogP contribution >= 0.6 is 22.7 Å². The van der Waals surface area contributed by atoms with E-state index < -0.39 is 0 Å². The molecule has 0 radical (unpaired) electrons. The van der Waals surface area contributed by atoms with Gasteiger partial charge in [0.15, 0.2) is 5.13 Å². The number of halogens is 1. The molecule has 0 saturated carbocycles. The van der Waals surface area contributed by atoms with Crippen molar-refractivity contribution in [3.05, 3.63) is 59.4 Å². The summed E-state index contributed by atoms with van der Waals surface area (Å²) in [5.74, 6) is 0.239. The van der Waals surface area contributed by atoms with E-state index in [-0.39, 0.29) is 18.1 Å². The summed E-state index contributed by atoms with van der Waals surface area (Å²) in [5.41, 5.74) is 2.25. The lowest BCUT2D eigenvalue weighted by molar-refractivity contribution is -0.115. The number of rotatable bonds is 6. The van der Waals surface area contributed by atoms with Crippen molar-refractivity contribution >= 4 is 43.9 Å². The van der Waals surface area contributed by atoms with Crippen LogP contribution in [-0.4, -0.2) is 22.5 Å². The van der Waals surface area contributed by atoms with E-state index in [2.05, 4.69) is 15.3 Å². The Balaban J connectivity index is 1.47. The first-order valence-corrected chi connectivity index (χ1v) is 10.3. The zero-order valence-electron chi connectivity index (χ0n) is 14.9. The number of hydrogen-bond donors (Lipinski definition) is 1. The summed E-state index contributed by atoms with van der Waals surface area (Å²) < 4.78 is 19.6. The van der Waals surface area contributed by atoms with Gasteiger partial charge >= 0.3 is 0 Å². The molecule has 4 aromatic rings. The minimum Gasteiger partial charge on any atom is -0.493 e. The summed E-state index contributed by atoms with van der Waals surface area (Å²) in [4.78, 5) is 21.2. The summed E-state index contributed by atoms with van der Waals surface area (Å²) in [5, 5.41) is 5.89. The SMILES string of the molecule is CCOc1ccccc1-c1nc(CC(=O)Nc2nc3ccc(F)cc3s2)cs1. The van der Waals surface area contributed by atoms with Crippen LogP contribution in [0.3, 0.4) is 0 Å². The summed E-state index contributed by atoms with van der Waals surface area (Å²) in [7, 11) is 0. The Morgan fingerprint density at radius 2 is 2.07 bits per heavy atom. The van der Waals surface area contributed by atoms with Gasteiger partial charge in [-0.05, 0) is 37.3 Å². The van der Waals surface area contributed by atoms with Gasteiger partial charge in [-0.3, -0.25) is 4.79 Å². The zero-order chi connectivity index (χ0) is 19.5. The Kier molecular flexibility index (Phi) is 5.31. The number of aromatic nitrogens is 2. The first-order chi connectivity index (χ1) is 13.6. The van der Waals surface area contributed by atoms with E-state index in [1.54, 1.807) is 6.07 Å². The van der Waals surface area contributed by atoms with Crippen LogP contribution in [0.4, 0.5) is 9.52 Å². The second-order valence-electron chi connectivity index (χ2n) is 5.93. The monoisotopic (exact) mass is 413 g/mol. The van der Waals surface area contributed by atoms with Crippen LogP contribution in [0.25, 0.3) is 20.8 Å². The van der Waals surface area contributed by atoms with Crippen molar-refractivity contribution in [1.29, 1.82) is 0 Å². The minimum absolute atomic E-state index is 0.136. The number of para-hydroxylation sites is 1. The van der Waals surface area contributed by atoms with E-state index in [9.17, 15) is 9.18 Å². The van der Waals surface area contributed by atoms with Gasteiger partial charge in [0.25, 0.3) is 0 Å². The highest BCUT2D eigenvalue weighted by Gasteiger charge is 2.14. The third-order valence-corrected chi connectivity index (χ3v) is 5.77. The summed E-state index contributed by atoms with van der Waals surface area (Å²) in [6.07, 6.45) is 0.136. The molecule has 0 bridgehead atoms. The van der Waals surface area contributed by atoms with Crippen LogP contribution in [0.15, 0.2) is 47.8 Å². The van der Waals surface area contributed by atoms with Gasteiger partial charge in [-0.2, -0.15) is 0 Å². The van der Waals surface area contributed by atoms with Gasteiger partial charge in [-0.25, -0.2) is 14.4 Å². The quantitative estimate of drug-likeness (QED) is 0.475. The van der Waals surface area contributed by atoms with Gasteiger partial charge in [0.05, 0.1) is 34.5 Å². The first kappa shape index (κ1) is 18.5. The van der Waals surface area contributed by atoms with Crippen molar-refractivity contribution < 1.29 is 13.9 Å². The van der Waals surface area contributed by atoms with Crippen molar-refractivity contribution in [2.75, 3.05) is 11.9 Å². The molecular weight excluding hydrogens is 397 g/mol. The Morgan fingerprint density at radius 3 is 2.93 bits per heavy atom. The van der Waals surface area contributed by atoms with Crippen LogP contribution in [0.2, 0.25) is 0 Å². The van der Waals surface area contributed by atoms with Gasteiger partial charge < -0.3 is 10.1 Å². The third-order valence-electron chi connectivity index (χ3n) is 3.91. The number of ether oxygens (including phenoxy) is 1. The fourth-order valence-corrected chi connectivity index (χ4v) is 4.47. The number of hydrogen-bond acceptors (Lipinski definition) is 6. The van der Waals surface area contributed by atoms with Crippen molar-refractivity contribution in [3.8, 4) is 16.3 Å². The van der Waals surface area contributed by atoms with E-state index >= 15 is 0 Å². The molecule has 4 rings (SSSR count). The summed E-state index contributed by atoms with van der Waals surface area (Å²) in [6.45, 7) is 2.51. The molecule has 2 aromatic heterocycles. The Labute approximate surface area is 168 Å². The molecule has 0 unspecified atom stereocenters. The number of carbonyl (C=O) groups is 1. The number of fused-ring (bicyclic) bond motifs is 1. The van der Waals surface area contributed by atoms with Crippen LogP contribution in [-0.2, 0) is 11.2 Å². The zero-order valence-corrected chi connectivity index (χ0v) is 16.6. The molecule has 0 fully saturated rings. The van der Waals surface area contributed by atoms with Crippen molar-refractivity contribution in [2.45, 2.75) is 13.3 Å². The maximum absolute atomic E-state index is 13.3. The molecule has 0 aliphatic rings. The maximum atomic E-state index is 13.3. The molecular formula is C20H16FN3O2S2. The van der Waals surface area contributed by atoms with Crippen LogP contribution in [0.1, 0.15) is 12.6 Å². The largest absolute Gasteiger partial charge is 0.493 e. The number of benzene rings is 2. The van der Waals surface area contributed by atoms with Crippen molar-refractivity contribution in [2.24, 2.45) is 0 Å². The number of nitrogens with zero attached hydrogens (tertiary/aromatic N) is 2. The highest BCUT2D eigenvalue weighted by Crippen LogP contribution is 2.32. The molecule has 8 heteroatoms. The van der Waals surface area contributed by atoms with Gasteiger partial charge in [0.1, 0.15) is 16.6 Å². The second kappa shape index (κ2) is 8.04. The smallest absolute Gasteiger partial charge is 0.232 e. The molecule has 0 spiro atoms. The highest BCUT2D eigenvalue weighted by molar-refractivity contribution is 7.22. The molecule has 0 atom stereocenters. The summed E-state index contributed by atoms with van der Waals surface area (Å²) in [6, 6.07) is 12.1. The van der Waals surface area contributed by atoms with Gasteiger partial charge in [-0.1, -0.05) is 23.5 Å². The number of carbonyl (C=O) groups excluding carboxylic acids is 1. The lowest BCUT2D eigenvalue weighted by Gasteiger charge is -2.07. The molecule has 1 N–H and O–H groups in total. The Bertz CT molecular complexity index is 1140. The Morgan fingerprint density at radius 1 is 1.21 bits per heavy atom. The minimum atomic E-state index is -0.323. The van der Waals surface area contributed by atoms with E-state index in [0.717, 1.165) is 16.3 Å². The van der Waals surface area contributed by atoms with E-state index in [4.69, 9.17) is 4.74 Å². The van der Waals surface area contributed by atoms with Crippen LogP contribution in [0, 0.1) is 5.82 Å². The standard InChI is InChI=1S/C20H16FN3O2S2/c1-2-26-16-6-4-3-5-14(16)19-22-13(11-27-19)10-18(25)24-20-23-15-8-7-12(21)9-17(15)28-20/h3-9,11H,2,10H2,1H3,(H,23,24,25). The second-order valence-corrected chi connectivity index (χ2v) is 7.82. The maximum Gasteiger partial charge on any atom is 0.232 e. The lowest BCUT2D eigenvalue weighted by Crippen LogP contribution is -2.14. The molecule has 2 heterocycles.